The molecule has 0 amide bonds. The van der Waals surface area contributed by atoms with Gasteiger partial charge in [-0.25, -0.2) is 0 Å². The first-order valence-corrected chi connectivity index (χ1v) is 9.27. The van der Waals surface area contributed by atoms with Crippen LogP contribution in [0.25, 0.3) is 0 Å². The predicted octanol–water partition coefficient (Wildman–Crippen LogP) is 4.08. The van der Waals surface area contributed by atoms with E-state index in [1.165, 1.54) is 49.0 Å². The summed E-state index contributed by atoms with van der Waals surface area (Å²) >= 11 is 0. The van der Waals surface area contributed by atoms with Crippen molar-refractivity contribution in [2.75, 3.05) is 25.4 Å². The Balaban J connectivity index is 1.38. The summed E-state index contributed by atoms with van der Waals surface area (Å²) in [4.78, 5) is 2.49. The molecule has 0 spiro atoms. The molecule has 2 N–H and O–H groups in total. The Hall–Kier alpha value is -2.24. The summed E-state index contributed by atoms with van der Waals surface area (Å²) in [5.41, 5.74) is 10.6. The molecule has 1 aliphatic rings. The maximum atomic E-state index is 5.70. The minimum Gasteiger partial charge on any atom is -0.399 e. The lowest BCUT2D eigenvalue weighted by Gasteiger charge is -2.30. The Labute approximate surface area is 152 Å². The van der Waals surface area contributed by atoms with Gasteiger partial charge >= 0.3 is 0 Å². The zero-order valence-corrected chi connectivity index (χ0v) is 15.2. The van der Waals surface area contributed by atoms with Crippen LogP contribution in [0.2, 0.25) is 0 Å². The van der Waals surface area contributed by atoms with E-state index >= 15 is 0 Å². The zero-order valence-electron chi connectivity index (χ0n) is 15.2. The number of piperidine rings is 1. The number of hydrogen-bond acceptors (Lipinski definition) is 2. The molecular weight excluding hydrogens is 304 g/mol. The van der Waals surface area contributed by atoms with Crippen molar-refractivity contribution in [1.29, 1.82) is 0 Å². The number of anilines is 1. The second-order valence-electron chi connectivity index (χ2n) is 7.18. The molecule has 2 nitrogen and oxygen atoms in total. The number of nitrogens with two attached hydrogens (primary N) is 1. The summed E-state index contributed by atoms with van der Waals surface area (Å²) in [6, 6.07) is 17.0. The van der Waals surface area contributed by atoms with E-state index in [2.05, 4.69) is 60.1 Å². The topological polar surface area (TPSA) is 29.3 Å². The molecule has 0 atom stereocenters. The van der Waals surface area contributed by atoms with E-state index in [9.17, 15) is 0 Å². The fourth-order valence-corrected chi connectivity index (χ4v) is 3.37. The van der Waals surface area contributed by atoms with Gasteiger partial charge in [0.25, 0.3) is 0 Å². The summed E-state index contributed by atoms with van der Waals surface area (Å²) in [5.74, 6) is 7.45. The van der Waals surface area contributed by atoms with Gasteiger partial charge in [-0.15, -0.1) is 0 Å². The summed E-state index contributed by atoms with van der Waals surface area (Å²) in [5, 5.41) is 0. The third kappa shape index (κ3) is 5.66. The molecule has 0 radical (unpaired) electrons. The summed E-state index contributed by atoms with van der Waals surface area (Å²) in [6.07, 6.45) is 4.60. The van der Waals surface area contributed by atoms with Crippen molar-refractivity contribution in [2.24, 2.45) is 5.92 Å². The molecule has 3 rings (SSSR count). The number of aryl methyl sites for hydroxylation is 1. The van der Waals surface area contributed by atoms with Gasteiger partial charge in [0.2, 0.25) is 0 Å². The molecular formula is C23H28N2. The first kappa shape index (κ1) is 17.6. The average molecular weight is 332 g/mol. The highest BCUT2D eigenvalue weighted by Gasteiger charge is 2.18. The Morgan fingerprint density at radius 1 is 0.920 bits per heavy atom. The number of nitrogen functional groups attached to an aromatic ring is 1. The van der Waals surface area contributed by atoms with E-state index in [4.69, 9.17) is 5.73 Å². The van der Waals surface area contributed by atoms with E-state index in [0.29, 0.717) is 0 Å². The molecule has 0 bridgehead atoms. The third-order valence-corrected chi connectivity index (χ3v) is 5.05. The average Bonchev–Trinajstić information content (AvgIpc) is 2.63. The van der Waals surface area contributed by atoms with Crippen LogP contribution in [-0.2, 0) is 12.8 Å². The quantitative estimate of drug-likeness (QED) is 0.675. The molecule has 130 valence electrons. The molecule has 25 heavy (non-hydrogen) atoms. The van der Waals surface area contributed by atoms with Crippen LogP contribution in [0.3, 0.4) is 0 Å². The van der Waals surface area contributed by atoms with Gasteiger partial charge in [-0.05, 0) is 68.5 Å². The van der Waals surface area contributed by atoms with Crippen LogP contribution < -0.4 is 5.73 Å². The highest BCUT2D eigenvalue weighted by molar-refractivity contribution is 5.40. The minimum atomic E-state index is 0.810. The second kappa shape index (κ2) is 8.74. The molecule has 0 unspecified atom stereocenters. The van der Waals surface area contributed by atoms with Crippen LogP contribution in [0.1, 0.15) is 29.5 Å². The lowest BCUT2D eigenvalue weighted by Crippen LogP contribution is -2.34. The first-order chi connectivity index (χ1) is 12.2. The molecule has 1 fully saturated rings. The summed E-state index contributed by atoms with van der Waals surface area (Å²) < 4.78 is 0. The summed E-state index contributed by atoms with van der Waals surface area (Å²) in [6.45, 7) is 5.39. The lowest BCUT2D eigenvalue weighted by atomic mass is 9.90. The van der Waals surface area contributed by atoms with Gasteiger partial charge in [0.15, 0.2) is 0 Å². The number of hydrogen-bond donors (Lipinski definition) is 1. The highest BCUT2D eigenvalue weighted by atomic mass is 15.1. The van der Waals surface area contributed by atoms with Crippen LogP contribution in [0.5, 0.6) is 0 Å². The van der Waals surface area contributed by atoms with Crippen molar-refractivity contribution in [1.82, 2.24) is 4.90 Å². The van der Waals surface area contributed by atoms with E-state index < -0.39 is 0 Å². The predicted molar refractivity (Wildman–Crippen MR) is 106 cm³/mol. The van der Waals surface area contributed by atoms with Crippen molar-refractivity contribution >= 4 is 5.69 Å². The molecule has 2 heteroatoms. The van der Waals surface area contributed by atoms with E-state index in [1.807, 2.05) is 12.1 Å². The van der Waals surface area contributed by atoms with Crippen LogP contribution in [0.15, 0.2) is 48.5 Å². The number of rotatable bonds is 4. The highest BCUT2D eigenvalue weighted by Crippen LogP contribution is 2.21. The maximum Gasteiger partial charge on any atom is 0.0601 e. The van der Waals surface area contributed by atoms with Gasteiger partial charge in [0.1, 0.15) is 0 Å². The molecule has 1 heterocycles. The van der Waals surface area contributed by atoms with Crippen molar-refractivity contribution in [3.05, 3.63) is 65.2 Å². The minimum absolute atomic E-state index is 0.810. The van der Waals surface area contributed by atoms with Crippen molar-refractivity contribution in [3.63, 3.8) is 0 Å². The van der Waals surface area contributed by atoms with Crippen molar-refractivity contribution in [2.45, 2.75) is 32.6 Å². The van der Waals surface area contributed by atoms with Gasteiger partial charge in [0, 0.05) is 12.1 Å². The van der Waals surface area contributed by atoms with Gasteiger partial charge < -0.3 is 5.73 Å². The van der Waals surface area contributed by atoms with Crippen molar-refractivity contribution < 1.29 is 0 Å². The fraction of sp³-hybridized carbons (Fsp3) is 0.391. The standard InChI is InChI=1S/C23H28N2/c1-19-5-7-21(8-6-19)18-22-13-16-25(17-14-22)15-3-2-4-20-9-11-23(24)12-10-20/h5-12,22H,4,13-18,24H2,1H3. The molecule has 1 aliphatic heterocycles. The first-order valence-electron chi connectivity index (χ1n) is 9.27. The Kier molecular flexibility index (Phi) is 6.14. The van der Waals surface area contributed by atoms with E-state index in [0.717, 1.165) is 24.6 Å². The van der Waals surface area contributed by atoms with Crippen LogP contribution >= 0.6 is 0 Å². The Morgan fingerprint density at radius 2 is 1.56 bits per heavy atom. The third-order valence-electron chi connectivity index (χ3n) is 5.05. The fourth-order valence-electron chi connectivity index (χ4n) is 3.37. The van der Waals surface area contributed by atoms with Gasteiger partial charge in [-0.3, -0.25) is 4.90 Å². The number of nitrogens with zero attached hydrogens (tertiary/aromatic N) is 1. The maximum absolute atomic E-state index is 5.70. The largest absolute Gasteiger partial charge is 0.399 e. The van der Waals surface area contributed by atoms with Gasteiger partial charge in [-0.1, -0.05) is 53.8 Å². The van der Waals surface area contributed by atoms with Crippen LogP contribution in [0, 0.1) is 24.7 Å². The smallest absolute Gasteiger partial charge is 0.0601 e. The molecule has 2 aromatic carbocycles. The van der Waals surface area contributed by atoms with E-state index in [1.54, 1.807) is 0 Å². The van der Waals surface area contributed by atoms with Crippen LogP contribution in [0.4, 0.5) is 5.69 Å². The molecule has 0 aromatic heterocycles. The second-order valence-corrected chi connectivity index (χ2v) is 7.18. The Morgan fingerprint density at radius 3 is 2.24 bits per heavy atom. The molecule has 0 saturated carbocycles. The van der Waals surface area contributed by atoms with Gasteiger partial charge in [0.05, 0.1) is 6.54 Å². The number of benzene rings is 2. The SMILES string of the molecule is Cc1ccc(CC2CCN(CC#CCc3ccc(N)cc3)CC2)cc1. The zero-order chi connectivity index (χ0) is 17.5. The van der Waals surface area contributed by atoms with E-state index in [-0.39, 0.29) is 0 Å². The number of likely N-dealkylation sites (tertiary alicyclic amines) is 1. The lowest BCUT2D eigenvalue weighted by molar-refractivity contribution is 0.203. The molecule has 1 saturated heterocycles. The van der Waals surface area contributed by atoms with Crippen molar-refractivity contribution in [3.8, 4) is 11.8 Å². The van der Waals surface area contributed by atoms with Crippen LogP contribution in [-0.4, -0.2) is 24.5 Å². The van der Waals surface area contributed by atoms with Gasteiger partial charge in [-0.2, -0.15) is 0 Å². The molecule has 0 aliphatic carbocycles. The summed E-state index contributed by atoms with van der Waals surface area (Å²) in [7, 11) is 0. The normalized spacial score (nSPS) is 15.6. The monoisotopic (exact) mass is 332 g/mol. The molecule has 2 aromatic rings. The Bertz CT molecular complexity index is 711.